The number of hydrogen-bond acceptors (Lipinski definition) is 4. The second-order valence-corrected chi connectivity index (χ2v) is 6.09. The predicted molar refractivity (Wildman–Crippen MR) is 88.0 cm³/mol. The van der Waals surface area contributed by atoms with E-state index in [1.165, 1.54) is 0 Å². The first kappa shape index (κ1) is 15.8. The molecule has 0 spiro atoms. The summed E-state index contributed by atoms with van der Waals surface area (Å²) in [6.45, 7) is 5.93. The van der Waals surface area contributed by atoms with Crippen LogP contribution in [0.1, 0.15) is 23.7 Å². The van der Waals surface area contributed by atoms with Gasteiger partial charge in [0.2, 0.25) is 0 Å². The van der Waals surface area contributed by atoms with E-state index in [4.69, 9.17) is 4.74 Å². The Morgan fingerprint density at radius 1 is 1.13 bits per heavy atom. The number of carbonyl (C=O) groups is 2. The zero-order valence-corrected chi connectivity index (χ0v) is 13.5. The van der Waals surface area contributed by atoms with Gasteiger partial charge in [-0.2, -0.15) is 0 Å². The SMILES string of the molecule is CC(=O)c1ccc(N2CCN(C(=O)NC3CCOC3)CC2)cc1. The monoisotopic (exact) mass is 317 g/mol. The zero-order valence-electron chi connectivity index (χ0n) is 13.5. The average molecular weight is 317 g/mol. The maximum absolute atomic E-state index is 12.2. The fourth-order valence-corrected chi connectivity index (χ4v) is 2.99. The Labute approximate surface area is 136 Å². The number of urea groups is 1. The molecule has 0 saturated carbocycles. The number of benzene rings is 1. The van der Waals surface area contributed by atoms with Crippen LogP contribution in [0.2, 0.25) is 0 Å². The number of hydrogen-bond donors (Lipinski definition) is 1. The quantitative estimate of drug-likeness (QED) is 0.859. The standard InChI is InChI=1S/C17H23N3O3/c1-13(21)14-2-4-16(5-3-14)19-7-9-20(10-8-19)17(22)18-15-6-11-23-12-15/h2-5,15H,6-12H2,1H3,(H,18,22). The summed E-state index contributed by atoms with van der Waals surface area (Å²) in [5, 5.41) is 3.03. The molecule has 0 aliphatic carbocycles. The number of ether oxygens (including phenoxy) is 1. The van der Waals surface area contributed by atoms with Crippen LogP contribution in [0, 0.1) is 0 Å². The molecule has 0 radical (unpaired) electrons. The Kier molecular flexibility index (Phi) is 4.81. The molecule has 1 aromatic rings. The molecule has 2 aliphatic heterocycles. The number of nitrogens with one attached hydrogen (secondary N) is 1. The molecular formula is C17H23N3O3. The van der Waals surface area contributed by atoms with Crippen molar-refractivity contribution < 1.29 is 14.3 Å². The Hall–Kier alpha value is -2.08. The first-order valence-electron chi connectivity index (χ1n) is 8.12. The summed E-state index contributed by atoms with van der Waals surface area (Å²) in [5.41, 5.74) is 1.82. The van der Waals surface area contributed by atoms with E-state index < -0.39 is 0 Å². The maximum Gasteiger partial charge on any atom is 0.317 e. The van der Waals surface area contributed by atoms with Gasteiger partial charge in [0.05, 0.1) is 12.6 Å². The van der Waals surface area contributed by atoms with Gasteiger partial charge in [-0.3, -0.25) is 4.79 Å². The molecule has 0 bridgehead atoms. The topological polar surface area (TPSA) is 61.9 Å². The van der Waals surface area contributed by atoms with Crippen molar-refractivity contribution in [2.45, 2.75) is 19.4 Å². The molecule has 23 heavy (non-hydrogen) atoms. The second-order valence-electron chi connectivity index (χ2n) is 6.09. The third kappa shape index (κ3) is 3.82. The molecule has 2 saturated heterocycles. The number of nitrogens with zero attached hydrogens (tertiary/aromatic N) is 2. The van der Waals surface area contributed by atoms with Crippen LogP contribution in [0.15, 0.2) is 24.3 Å². The van der Waals surface area contributed by atoms with Gasteiger partial charge in [-0.15, -0.1) is 0 Å². The largest absolute Gasteiger partial charge is 0.379 e. The average Bonchev–Trinajstić information content (AvgIpc) is 3.08. The van der Waals surface area contributed by atoms with Crippen molar-refractivity contribution in [3.05, 3.63) is 29.8 Å². The van der Waals surface area contributed by atoms with Crippen LogP contribution in [0.5, 0.6) is 0 Å². The van der Waals surface area contributed by atoms with E-state index in [0.717, 1.165) is 37.4 Å². The minimum absolute atomic E-state index is 0.00655. The van der Waals surface area contributed by atoms with Crippen molar-refractivity contribution >= 4 is 17.5 Å². The van der Waals surface area contributed by atoms with Gasteiger partial charge in [-0.25, -0.2) is 4.79 Å². The highest BCUT2D eigenvalue weighted by molar-refractivity contribution is 5.94. The molecule has 6 heteroatoms. The molecule has 124 valence electrons. The van der Waals surface area contributed by atoms with E-state index >= 15 is 0 Å². The third-order valence-corrected chi connectivity index (χ3v) is 4.46. The van der Waals surface area contributed by atoms with Crippen molar-refractivity contribution in [2.24, 2.45) is 0 Å². The molecule has 1 aromatic carbocycles. The summed E-state index contributed by atoms with van der Waals surface area (Å²) < 4.78 is 5.28. The van der Waals surface area contributed by atoms with Crippen LogP contribution in [-0.2, 0) is 4.74 Å². The van der Waals surface area contributed by atoms with Crippen molar-refractivity contribution in [1.82, 2.24) is 10.2 Å². The minimum atomic E-state index is 0.00655. The van der Waals surface area contributed by atoms with Gasteiger partial charge in [-0.1, -0.05) is 0 Å². The predicted octanol–water partition coefficient (Wildman–Crippen LogP) is 1.51. The lowest BCUT2D eigenvalue weighted by Gasteiger charge is -2.36. The van der Waals surface area contributed by atoms with Crippen molar-refractivity contribution in [1.29, 1.82) is 0 Å². The molecule has 6 nitrogen and oxygen atoms in total. The van der Waals surface area contributed by atoms with E-state index in [9.17, 15) is 9.59 Å². The lowest BCUT2D eigenvalue weighted by atomic mass is 10.1. The van der Waals surface area contributed by atoms with Crippen LogP contribution in [0.4, 0.5) is 10.5 Å². The van der Waals surface area contributed by atoms with E-state index in [0.29, 0.717) is 19.7 Å². The summed E-state index contributed by atoms with van der Waals surface area (Å²) in [7, 11) is 0. The number of piperazine rings is 1. The van der Waals surface area contributed by atoms with E-state index in [1.54, 1.807) is 6.92 Å². The van der Waals surface area contributed by atoms with Gasteiger partial charge >= 0.3 is 6.03 Å². The van der Waals surface area contributed by atoms with Gasteiger partial charge in [0.1, 0.15) is 0 Å². The van der Waals surface area contributed by atoms with E-state index in [1.807, 2.05) is 29.2 Å². The molecule has 2 aliphatic rings. The Bertz CT molecular complexity index is 559. The molecule has 0 aromatic heterocycles. The summed E-state index contributed by atoms with van der Waals surface area (Å²) in [4.78, 5) is 27.6. The van der Waals surface area contributed by atoms with Crippen LogP contribution >= 0.6 is 0 Å². The first-order valence-corrected chi connectivity index (χ1v) is 8.12. The summed E-state index contributed by atoms with van der Waals surface area (Å²) >= 11 is 0. The van der Waals surface area contributed by atoms with Crippen LogP contribution in [0.25, 0.3) is 0 Å². The smallest absolute Gasteiger partial charge is 0.317 e. The summed E-state index contributed by atoms with van der Waals surface area (Å²) in [5.74, 6) is 0.0777. The van der Waals surface area contributed by atoms with Gasteiger partial charge in [0.15, 0.2) is 5.78 Å². The van der Waals surface area contributed by atoms with Crippen LogP contribution in [0.3, 0.4) is 0 Å². The highest BCUT2D eigenvalue weighted by Crippen LogP contribution is 2.18. The fourth-order valence-electron chi connectivity index (χ4n) is 2.99. The van der Waals surface area contributed by atoms with Crippen molar-refractivity contribution in [2.75, 3.05) is 44.3 Å². The Morgan fingerprint density at radius 3 is 2.39 bits per heavy atom. The van der Waals surface area contributed by atoms with Gasteiger partial charge in [0, 0.05) is 44.0 Å². The molecular weight excluding hydrogens is 294 g/mol. The normalized spacial score (nSPS) is 21.3. The zero-order chi connectivity index (χ0) is 16.2. The lowest BCUT2D eigenvalue weighted by Crippen LogP contribution is -2.53. The third-order valence-electron chi connectivity index (χ3n) is 4.46. The lowest BCUT2D eigenvalue weighted by molar-refractivity contribution is 0.101. The molecule has 2 fully saturated rings. The number of Topliss-reactive ketones (excluding diaryl/α,β-unsaturated/α-hetero) is 1. The molecule has 3 rings (SSSR count). The van der Waals surface area contributed by atoms with Gasteiger partial charge in [0.25, 0.3) is 0 Å². The Morgan fingerprint density at radius 2 is 1.83 bits per heavy atom. The molecule has 1 N–H and O–H groups in total. The molecule has 2 heterocycles. The Balaban J connectivity index is 1.51. The minimum Gasteiger partial charge on any atom is -0.379 e. The highest BCUT2D eigenvalue weighted by atomic mass is 16.5. The van der Waals surface area contributed by atoms with Crippen LogP contribution in [-0.4, -0.2) is 62.1 Å². The second kappa shape index (κ2) is 7.00. The van der Waals surface area contributed by atoms with Crippen molar-refractivity contribution in [3.8, 4) is 0 Å². The van der Waals surface area contributed by atoms with Crippen molar-refractivity contribution in [3.63, 3.8) is 0 Å². The highest BCUT2D eigenvalue weighted by Gasteiger charge is 2.24. The maximum atomic E-state index is 12.2. The fraction of sp³-hybridized carbons (Fsp3) is 0.529. The van der Waals surface area contributed by atoms with E-state index in [2.05, 4.69) is 10.2 Å². The summed E-state index contributed by atoms with van der Waals surface area (Å²) in [6.07, 6.45) is 0.897. The molecule has 1 unspecified atom stereocenters. The first-order chi connectivity index (χ1) is 11.1. The number of amides is 2. The number of anilines is 1. The number of rotatable bonds is 3. The van der Waals surface area contributed by atoms with E-state index in [-0.39, 0.29) is 17.9 Å². The molecule has 2 amide bonds. The van der Waals surface area contributed by atoms with Gasteiger partial charge < -0.3 is 19.9 Å². The van der Waals surface area contributed by atoms with Crippen LogP contribution < -0.4 is 10.2 Å². The summed E-state index contributed by atoms with van der Waals surface area (Å²) in [6, 6.07) is 7.82. The van der Waals surface area contributed by atoms with Gasteiger partial charge in [-0.05, 0) is 37.6 Å². The number of carbonyl (C=O) groups excluding carboxylic acids is 2. The number of ketones is 1. The molecule has 1 atom stereocenters.